The molecule has 132 valence electrons. The standard InChI is InChI=1S/C20H22N2O2.ClH/c1-15-6-4-7-16(14-15)23-13-11-22-18-9-3-2-8-17(18)21-20(22)19-10-5-12-24-19;/h2-4,6-9,14,19H,5,10-13H2,1H3;1H. The van der Waals surface area contributed by atoms with E-state index in [1.807, 2.05) is 18.2 Å². The summed E-state index contributed by atoms with van der Waals surface area (Å²) in [5.74, 6) is 1.94. The summed E-state index contributed by atoms with van der Waals surface area (Å²) in [7, 11) is 0. The van der Waals surface area contributed by atoms with Crippen LogP contribution < -0.4 is 4.74 Å². The summed E-state index contributed by atoms with van der Waals surface area (Å²) < 4.78 is 14.1. The topological polar surface area (TPSA) is 36.3 Å². The van der Waals surface area contributed by atoms with Crippen molar-refractivity contribution in [3.8, 4) is 5.75 Å². The number of hydrogen-bond donors (Lipinski definition) is 0. The molecule has 25 heavy (non-hydrogen) atoms. The van der Waals surface area contributed by atoms with Gasteiger partial charge in [0.2, 0.25) is 0 Å². The highest BCUT2D eigenvalue weighted by atomic mass is 35.5. The third-order valence-corrected chi connectivity index (χ3v) is 4.47. The molecule has 0 aliphatic carbocycles. The predicted octanol–water partition coefficient (Wildman–Crippen LogP) is 4.70. The van der Waals surface area contributed by atoms with Crippen molar-refractivity contribution in [2.45, 2.75) is 32.4 Å². The summed E-state index contributed by atoms with van der Waals surface area (Å²) >= 11 is 0. The fourth-order valence-corrected chi connectivity index (χ4v) is 3.32. The number of rotatable bonds is 5. The van der Waals surface area contributed by atoms with Gasteiger partial charge in [-0.25, -0.2) is 4.98 Å². The highest BCUT2D eigenvalue weighted by molar-refractivity contribution is 5.85. The summed E-state index contributed by atoms with van der Waals surface area (Å²) in [4.78, 5) is 4.82. The quantitative estimate of drug-likeness (QED) is 0.663. The summed E-state index contributed by atoms with van der Waals surface area (Å²) in [5.41, 5.74) is 3.38. The number of aryl methyl sites for hydroxylation is 1. The van der Waals surface area contributed by atoms with E-state index in [9.17, 15) is 0 Å². The first-order valence-corrected chi connectivity index (χ1v) is 8.57. The molecule has 5 heteroatoms. The van der Waals surface area contributed by atoms with Crippen molar-refractivity contribution in [3.05, 3.63) is 59.9 Å². The van der Waals surface area contributed by atoms with Crippen molar-refractivity contribution in [1.82, 2.24) is 9.55 Å². The third-order valence-electron chi connectivity index (χ3n) is 4.47. The molecular weight excluding hydrogens is 336 g/mol. The summed E-state index contributed by atoms with van der Waals surface area (Å²) in [6.07, 6.45) is 2.26. The molecule has 0 spiro atoms. The van der Waals surface area contributed by atoms with E-state index < -0.39 is 0 Å². The Labute approximate surface area is 154 Å². The van der Waals surface area contributed by atoms with Crippen LogP contribution >= 0.6 is 12.4 Å². The van der Waals surface area contributed by atoms with Gasteiger partial charge in [0, 0.05) is 6.61 Å². The first kappa shape index (κ1) is 17.8. The zero-order valence-electron chi connectivity index (χ0n) is 14.4. The number of hydrogen-bond acceptors (Lipinski definition) is 3. The highest BCUT2D eigenvalue weighted by Gasteiger charge is 2.24. The minimum Gasteiger partial charge on any atom is -0.492 e. The lowest BCUT2D eigenvalue weighted by Gasteiger charge is -2.14. The Morgan fingerprint density at radius 1 is 1.20 bits per heavy atom. The van der Waals surface area contributed by atoms with Gasteiger partial charge in [-0.3, -0.25) is 0 Å². The molecule has 2 aromatic carbocycles. The molecule has 0 saturated carbocycles. The number of nitrogens with zero attached hydrogens (tertiary/aromatic N) is 2. The maximum atomic E-state index is 5.94. The van der Waals surface area contributed by atoms with E-state index >= 15 is 0 Å². The molecule has 3 aromatic rings. The number of halogens is 1. The first-order chi connectivity index (χ1) is 11.8. The molecule has 1 saturated heterocycles. The second-order valence-electron chi connectivity index (χ2n) is 6.28. The summed E-state index contributed by atoms with van der Waals surface area (Å²) in [6, 6.07) is 16.4. The number of fused-ring (bicyclic) bond motifs is 1. The Kier molecular flexibility index (Phi) is 5.61. The Morgan fingerprint density at radius 3 is 2.88 bits per heavy atom. The maximum absolute atomic E-state index is 5.94. The van der Waals surface area contributed by atoms with Gasteiger partial charge in [-0.1, -0.05) is 24.3 Å². The van der Waals surface area contributed by atoms with Crippen LogP contribution in [0.4, 0.5) is 0 Å². The van der Waals surface area contributed by atoms with E-state index in [-0.39, 0.29) is 18.5 Å². The average Bonchev–Trinajstić information content (AvgIpc) is 3.23. The molecule has 2 heterocycles. The van der Waals surface area contributed by atoms with Crippen LogP contribution in [0.2, 0.25) is 0 Å². The number of benzene rings is 2. The van der Waals surface area contributed by atoms with Crippen molar-refractivity contribution in [2.24, 2.45) is 0 Å². The third kappa shape index (κ3) is 3.80. The van der Waals surface area contributed by atoms with Crippen LogP contribution in [0.5, 0.6) is 5.75 Å². The minimum atomic E-state index is 0. The number of imidazole rings is 1. The number of para-hydroxylation sites is 2. The molecule has 1 aromatic heterocycles. The van der Waals surface area contributed by atoms with Gasteiger partial charge in [0.05, 0.1) is 17.6 Å². The van der Waals surface area contributed by atoms with Gasteiger partial charge in [0.1, 0.15) is 24.3 Å². The van der Waals surface area contributed by atoms with Gasteiger partial charge in [0.15, 0.2) is 0 Å². The predicted molar refractivity (Wildman–Crippen MR) is 102 cm³/mol. The molecule has 1 atom stereocenters. The second-order valence-corrected chi connectivity index (χ2v) is 6.28. The lowest BCUT2D eigenvalue weighted by Crippen LogP contribution is -2.13. The molecule has 1 aliphatic rings. The van der Waals surface area contributed by atoms with Crippen LogP contribution in [0.25, 0.3) is 11.0 Å². The van der Waals surface area contributed by atoms with Crippen LogP contribution in [-0.2, 0) is 11.3 Å². The fraction of sp³-hybridized carbons (Fsp3) is 0.350. The summed E-state index contributed by atoms with van der Waals surface area (Å²) in [5, 5.41) is 0. The van der Waals surface area contributed by atoms with E-state index in [1.165, 1.54) is 5.56 Å². The fourth-order valence-electron chi connectivity index (χ4n) is 3.32. The Morgan fingerprint density at radius 2 is 2.08 bits per heavy atom. The van der Waals surface area contributed by atoms with Gasteiger partial charge in [0.25, 0.3) is 0 Å². The highest BCUT2D eigenvalue weighted by Crippen LogP contribution is 2.30. The molecule has 0 N–H and O–H groups in total. The smallest absolute Gasteiger partial charge is 0.139 e. The van der Waals surface area contributed by atoms with E-state index in [4.69, 9.17) is 14.5 Å². The normalized spacial score (nSPS) is 16.8. The second kappa shape index (κ2) is 7.89. The van der Waals surface area contributed by atoms with Crippen LogP contribution in [-0.4, -0.2) is 22.8 Å². The molecular formula is C20H23ClN2O2. The van der Waals surface area contributed by atoms with Gasteiger partial charge in [-0.2, -0.15) is 0 Å². The Balaban J connectivity index is 0.00000182. The van der Waals surface area contributed by atoms with Crippen molar-refractivity contribution >= 4 is 23.4 Å². The Hall–Kier alpha value is -2.04. The van der Waals surface area contributed by atoms with Crippen LogP contribution in [0.15, 0.2) is 48.5 Å². The summed E-state index contributed by atoms with van der Waals surface area (Å²) in [6.45, 7) is 4.28. The van der Waals surface area contributed by atoms with Gasteiger partial charge < -0.3 is 14.0 Å². The average molecular weight is 359 g/mol. The number of ether oxygens (including phenoxy) is 2. The van der Waals surface area contributed by atoms with Gasteiger partial charge >= 0.3 is 0 Å². The van der Waals surface area contributed by atoms with Crippen molar-refractivity contribution < 1.29 is 9.47 Å². The maximum Gasteiger partial charge on any atom is 0.139 e. The zero-order chi connectivity index (χ0) is 16.4. The van der Waals surface area contributed by atoms with Crippen LogP contribution in [0, 0.1) is 6.92 Å². The molecule has 4 rings (SSSR count). The molecule has 1 unspecified atom stereocenters. The monoisotopic (exact) mass is 358 g/mol. The van der Waals surface area contributed by atoms with E-state index in [1.54, 1.807) is 0 Å². The van der Waals surface area contributed by atoms with E-state index in [0.717, 1.165) is 48.6 Å². The Bertz CT molecular complexity index is 841. The zero-order valence-corrected chi connectivity index (χ0v) is 15.2. The molecule has 1 aliphatic heterocycles. The molecule has 0 bridgehead atoms. The molecule has 0 radical (unpaired) electrons. The van der Waals surface area contributed by atoms with Crippen molar-refractivity contribution in [1.29, 1.82) is 0 Å². The van der Waals surface area contributed by atoms with Crippen molar-refractivity contribution in [3.63, 3.8) is 0 Å². The lowest BCUT2D eigenvalue weighted by molar-refractivity contribution is 0.101. The van der Waals surface area contributed by atoms with Crippen LogP contribution in [0.1, 0.15) is 30.3 Å². The van der Waals surface area contributed by atoms with Crippen LogP contribution in [0.3, 0.4) is 0 Å². The van der Waals surface area contributed by atoms with Gasteiger partial charge in [-0.05, 0) is 49.6 Å². The first-order valence-electron chi connectivity index (χ1n) is 8.57. The SMILES string of the molecule is Cc1cccc(OCCn2c(C3CCCO3)nc3ccccc32)c1.Cl. The molecule has 1 fully saturated rings. The van der Waals surface area contributed by atoms with Crippen molar-refractivity contribution in [2.75, 3.05) is 13.2 Å². The number of aromatic nitrogens is 2. The lowest BCUT2D eigenvalue weighted by atomic mass is 10.2. The van der Waals surface area contributed by atoms with Gasteiger partial charge in [-0.15, -0.1) is 12.4 Å². The molecule has 0 amide bonds. The molecule has 4 nitrogen and oxygen atoms in total. The van der Waals surface area contributed by atoms with E-state index in [2.05, 4.69) is 41.8 Å². The van der Waals surface area contributed by atoms with E-state index in [0.29, 0.717) is 6.61 Å². The minimum absolute atomic E-state index is 0. The largest absolute Gasteiger partial charge is 0.492 e.